The predicted molar refractivity (Wildman–Crippen MR) is 62.1 cm³/mol. The molecule has 0 spiro atoms. The van der Waals surface area contributed by atoms with Gasteiger partial charge >= 0.3 is 0 Å². The third-order valence-electron chi connectivity index (χ3n) is 3.09. The molecular formula is C11H23N3O. The van der Waals surface area contributed by atoms with E-state index in [9.17, 15) is 0 Å². The van der Waals surface area contributed by atoms with Crippen LogP contribution in [0.3, 0.4) is 0 Å². The van der Waals surface area contributed by atoms with Crippen LogP contribution in [0.15, 0.2) is 0 Å². The summed E-state index contributed by atoms with van der Waals surface area (Å²) in [6.45, 7) is 2.28. The molecular weight excluding hydrogens is 190 g/mol. The van der Waals surface area contributed by atoms with Crippen LogP contribution in [0.2, 0.25) is 0 Å². The fraction of sp³-hybridized carbons (Fsp3) is 0.909. The quantitative estimate of drug-likeness (QED) is 0.415. The van der Waals surface area contributed by atoms with Gasteiger partial charge in [-0.2, -0.15) is 0 Å². The summed E-state index contributed by atoms with van der Waals surface area (Å²) in [5.41, 5.74) is 5.33. The third kappa shape index (κ3) is 4.62. The Bertz CT molecular complexity index is 192. The molecule has 1 fully saturated rings. The van der Waals surface area contributed by atoms with Crippen LogP contribution < -0.4 is 5.73 Å². The zero-order chi connectivity index (χ0) is 11.1. The average Bonchev–Trinajstić information content (AvgIpc) is 2.10. The van der Waals surface area contributed by atoms with Gasteiger partial charge in [-0.15, -0.1) is 0 Å². The van der Waals surface area contributed by atoms with Gasteiger partial charge in [0.1, 0.15) is 0 Å². The topological polar surface area (TPSA) is 73.3 Å². The van der Waals surface area contributed by atoms with Crippen molar-refractivity contribution >= 4 is 5.84 Å². The zero-order valence-corrected chi connectivity index (χ0v) is 9.41. The normalized spacial score (nSPS) is 16.7. The lowest BCUT2D eigenvalue weighted by Crippen LogP contribution is -2.41. The molecule has 1 rings (SSSR count). The molecule has 15 heavy (non-hydrogen) atoms. The van der Waals surface area contributed by atoms with E-state index in [-0.39, 0.29) is 12.4 Å². The minimum atomic E-state index is 0.274. The first-order valence-electron chi connectivity index (χ1n) is 5.92. The van der Waals surface area contributed by atoms with Crippen molar-refractivity contribution in [2.75, 3.05) is 19.7 Å². The maximum atomic E-state index is 8.82. The third-order valence-corrected chi connectivity index (χ3v) is 3.09. The molecule has 0 amide bonds. The lowest BCUT2D eigenvalue weighted by Gasteiger charge is -2.37. The fourth-order valence-corrected chi connectivity index (χ4v) is 1.98. The molecule has 1 aliphatic rings. The molecule has 0 unspecified atom stereocenters. The van der Waals surface area contributed by atoms with Gasteiger partial charge in [-0.25, -0.2) is 0 Å². The van der Waals surface area contributed by atoms with Crippen molar-refractivity contribution in [3.05, 3.63) is 0 Å². The van der Waals surface area contributed by atoms with Crippen LogP contribution in [0.1, 0.15) is 38.5 Å². The summed E-state index contributed by atoms with van der Waals surface area (Å²) in [5.74, 6) is 0.283. The van der Waals surface area contributed by atoms with E-state index in [0.717, 1.165) is 32.0 Å². The molecule has 0 aromatic rings. The van der Waals surface area contributed by atoms with Crippen LogP contribution in [0, 0.1) is 5.41 Å². The van der Waals surface area contributed by atoms with E-state index < -0.39 is 0 Å². The van der Waals surface area contributed by atoms with Gasteiger partial charge in [0, 0.05) is 25.6 Å². The maximum Gasteiger partial charge on any atom is 0.0905 e. The van der Waals surface area contributed by atoms with E-state index >= 15 is 0 Å². The van der Waals surface area contributed by atoms with Crippen molar-refractivity contribution in [2.24, 2.45) is 5.73 Å². The Hall–Kier alpha value is -0.610. The number of hydrogen-bond acceptors (Lipinski definition) is 3. The van der Waals surface area contributed by atoms with Gasteiger partial charge in [0.2, 0.25) is 0 Å². The summed E-state index contributed by atoms with van der Waals surface area (Å²) >= 11 is 0. The average molecular weight is 213 g/mol. The monoisotopic (exact) mass is 213 g/mol. The number of aliphatic hydroxyl groups excluding tert-OH is 1. The van der Waals surface area contributed by atoms with Crippen LogP contribution in [-0.4, -0.2) is 41.6 Å². The SMILES string of the molecule is N=C(N)CCCN(CCCO)C1CCC1. The van der Waals surface area contributed by atoms with E-state index in [1.54, 1.807) is 0 Å². The number of amidine groups is 1. The van der Waals surface area contributed by atoms with Gasteiger partial charge in [-0.3, -0.25) is 5.41 Å². The second kappa shape index (κ2) is 6.80. The summed E-state index contributed by atoms with van der Waals surface area (Å²) in [5, 5.41) is 16.0. The van der Waals surface area contributed by atoms with E-state index in [1.807, 2.05) is 0 Å². The second-order valence-electron chi connectivity index (χ2n) is 4.33. The Balaban J connectivity index is 2.18. The van der Waals surface area contributed by atoms with Crippen LogP contribution in [0.25, 0.3) is 0 Å². The Morgan fingerprint density at radius 2 is 2.00 bits per heavy atom. The fourth-order valence-electron chi connectivity index (χ4n) is 1.98. The maximum absolute atomic E-state index is 8.82. The van der Waals surface area contributed by atoms with E-state index in [4.69, 9.17) is 16.2 Å². The van der Waals surface area contributed by atoms with E-state index in [2.05, 4.69) is 4.90 Å². The number of nitrogens with two attached hydrogens (primary N) is 1. The van der Waals surface area contributed by atoms with Gasteiger partial charge in [-0.05, 0) is 32.2 Å². The number of hydrogen-bond donors (Lipinski definition) is 3. The van der Waals surface area contributed by atoms with Gasteiger partial charge in [0.05, 0.1) is 5.84 Å². The molecule has 0 bridgehead atoms. The molecule has 4 N–H and O–H groups in total. The van der Waals surface area contributed by atoms with E-state index in [1.165, 1.54) is 19.3 Å². The largest absolute Gasteiger partial charge is 0.396 e. The highest BCUT2D eigenvalue weighted by molar-refractivity contribution is 5.76. The van der Waals surface area contributed by atoms with Crippen LogP contribution in [0.5, 0.6) is 0 Å². The first kappa shape index (κ1) is 12.5. The number of aliphatic hydroxyl groups is 1. The van der Waals surface area contributed by atoms with Crippen molar-refractivity contribution in [3.8, 4) is 0 Å². The van der Waals surface area contributed by atoms with Crippen LogP contribution in [0.4, 0.5) is 0 Å². The molecule has 4 nitrogen and oxygen atoms in total. The molecule has 0 heterocycles. The van der Waals surface area contributed by atoms with Gasteiger partial charge < -0.3 is 15.7 Å². The summed E-state index contributed by atoms with van der Waals surface area (Å²) in [4.78, 5) is 2.45. The van der Waals surface area contributed by atoms with Crippen molar-refractivity contribution in [1.29, 1.82) is 5.41 Å². The van der Waals surface area contributed by atoms with E-state index in [0.29, 0.717) is 6.42 Å². The van der Waals surface area contributed by atoms with Crippen molar-refractivity contribution < 1.29 is 5.11 Å². The lowest BCUT2D eigenvalue weighted by molar-refractivity contribution is 0.116. The minimum absolute atomic E-state index is 0.274. The van der Waals surface area contributed by atoms with Crippen molar-refractivity contribution in [3.63, 3.8) is 0 Å². The van der Waals surface area contributed by atoms with Crippen LogP contribution in [-0.2, 0) is 0 Å². The number of nitrogens with zero attached hydrogens (tertiary/aromatic N) is 1. The van der Waals surface area contributed by atoms with Crippen molar-refractivity contribution in [1.82, 2.24) is 4.90 Å². The summed E-state index contributed by atoms with van der Waals surface area (Å²) < 4.78 is 0. The number of nitrogens with one attached hydrogen (secondary N) is 1. The molecule has 0 aromatic heterocycles. The number of rotatable bonds is 8. The summed E-state index contributed by atoms with van der Waals surface area (Å²) in [7, 11) is 0. The Labute approximate surface area is 92.0 Å². The highest BCUT2D eigenvalue weighted by Gasteiger charge is 2.23. The van der Waals surface area contributed by atoms with Crippen molar-refractivity contribution in [2.45, 2.75) is 44.6 Å². The van der Waals surface area contributed by atoms with Gasteiger partial charge in [-0.1, -0.05) is 6.42 Å². The second-order valence-corrected chi connectivity index (χ2v) is 4.33. The van der Waals surface area contributed by atoms with Gasteiger partial charge in [0.25, 0.3) is 0 Å². The molecule has 0 aliphatic heterocycles. The lowest BCUT2D eigenvalue weighted by atomic mass is 9.91. The predicted octanol–water partition coefficient (Wildman–Crippen LogP) is 0.939. The molecule has 0 saturated heterocycles. The first-order valence-corrected chi connectivity index (χ1v) is 5.92. The zero-order valence-electron chi connectivity index (χ0n) is 9.41. The molecule has 1 aliphatic carbocycles. The molecule has 0 atom stereocenters. The molecule has 4 heteroatoms. The Kier molecular flexibility index (Phi) is 5.65. The minimum Gasteiger partial charge on any atom is -0.396 e. The molecule has 0 radical (unpaired) electrons. The summed E-state index contributed by atoms with van der Waals surface area (Å²) in [6.07, 6.45) is 6.46. The smallest absolute Gasteiger partial charge is 0.0905 e. The highest BCUT2D eigenvalue weighted by Crippen LogP contribution is 2.25. The highest BCUT2D eigenvalue weighted by atomic mass is 16.3. The molecule has 1 saturated carbocycles. The molecule has 0 aromatic carbocycles. The van der Waals surface area contributed by atoms with Crippen LogP contribution >= 0.6 is 0 Å². The first-order chi connectivity index (χ1) is 7.24. The molecule has 88 valence electrons. The van der Waals surface area contributed by atoms with Gasteiger partial charge in [0.15, 0.2) is 0 Å². The Morgan fingerprint density at radius 1 is 1.33 bits per heavy atom. The standard InChI is InChI=1S/C11H23N3O/c12-11(13)6-2-7-14(8-3-9-15)10-4-1-5-10/h10,15H,1-9H2,(H3,12,13). The Morgan fingerprint density at radius 3 is 2.47 bits per heavy atom. The summed E-state index contributed by atoms with van der Waals surface area (Å²) in [6, 6.07) is 0.725.